The molecule has 9 aromatic rings. The zero-order valence-corrected chi connectivity index (χ0v) is 27.1. The lowest BCUT2D eigenvalue weighted by Crippen LogP contribution is -2.25. The minimum Gasteiger partial charge on any atom is -0.309 e. The van der Waals surface area contributed by atoms with Gasteiger partial charge in [0, 0.05) is 15.9 Å². The predicted molar refractivity (Wildman–Crippen MR) is 207 cm³/mol. The molecule has 0 bridgehead atoms. The average Bonchev–Trinajstić information content (AvgIpc) is 3.17. The minimum atomic E-state index is -3.15. The zero-order valence-electron chi connectivity index (χ0n) is 26.3. The Hall–Kier alpha value is -5.75. The van der Waals surface area contributed by atoms with Crippen LogP contribution in [0.4, 0.5) is 0 Å². The largest absolute Gasteiger partial charge is 0.309 e. The standard InChI is InChI=1S/C46H31OP/c47-48(34-18-3-1-4-19-34,35-20-5-2-6-21-35)36-22-15-17-33(30-36)45-40-26-11-13-28-42(40)46(43-29-14-12-27-41(43)45)44-31-32-16-7-8-23-37(32)38-24-9-10-25-39(38)44/h1-31H. The molecule has 9 aromatic carbocycles. The van der Waals surface area contributed by atoms with Gasteiger partial charge in [-0.3, -0.25) is 0 Å². The van der Waals surface area contributed by atoms with Crippen molar-refractivity contribution in [1.82, 2.24) is 0 Å². The van der Waals surface area contributed by atoms with E-state index in [-0.39, 0.29) is 0 Å². The van der Waals surface area contributed by atoms with Crippen molar-refractivity contribution in [2.45, 2.75) is 0 Å². The second-order valence-electron chi connectivity index (χ2n) is 12.4. The molecular formula is C46H31OP. The Morgan fingerprint density at radius 1 is 0.312 bits per heavy atom. The van der Waals surface area contributed by atoms with Crippen molar-refractivity contribution in [2.75, 3.05) is 0 Å². The van der Waals surface area contributed by atoms with Gasteiger partial charge in [0.05, 0.1) is 0 Å². The molecule has 0 atom stereocenters. The van der Waals surface area contributed by atoms with Gasteiger partial charge in [-0.15, -0.1) is 0 Å². The Kier molecular flexibility index (Phi) is 6.82. The lowest BCUT2D eigenvalue weighted by atomic mass is 9.84. The Balaban J connectivity index is 1.36. The first-order valence-corrected chi connectivity index (χ1v) is 18.1. The summed E-state index contributed by atoms with van der Waals surface area (Å²) in [5.74, 6) is 0. The molecule has 0 fully saturated rings. The maximum atomic E-state index is 15.4. The molecule has 48 heavy (non-hydrogen) atoms. The SMILES string of the molecule is O=P(c1ccccc1)(c1ccccc1)c1cccc(-c2c3ccccc3c(-c3cc4ccccc4c4ccccc34)c3ccccc23)c1. The van der Waals surface area contributed by atoms with E-state index in [9.17, 15) is 0 Å². The van der Waals surface area contributed by atoms with Crippen molar-refractivity contribution < 1.29 is 4.57 Å². The van der Waals surface area contributed by atoms with Crippen molar-refractivity contribution >= 4 is 66.1 Å². The second kappa shape index (κ2) is 11.5. The highest BCUT2D eigenvalue weighted by Crippen LogP contribution is 2.48. The molecule has 0 saturated carbocycles. The van der Waals surface area contributed by atoms with Gasteiger partial charge in [-0.05, 0) is 77.5 Å². The molecule has 9 rings (SSSR count). The molecule has 0 spiro atoms. The molecule has 0 heterocycles. The van der Waals surface area contributed by atoms with Crippen LogP contribution in [0.25, 0.3) is 65.3 Å². The maximum Gasteiger partial charge on any atom is 0.171 e. The molecule has 0 unspecified atom stereocenters. The van der Waals surface area contributed by atoms with E-state index in [2.05, 4.69) is 121 Å². The van der Waals surface area contributed by atoms with Crippen molar-refractivity contribution in [3.05, 3.63) is 188 Å². The predicted octanol–water partition coefficient (Wildman–Crippen LogP) is 11.3. The fourth-order valence-electron chi connectivity index (χ4n) is 7.57. The summed E-state index contributed by atoms with van der Waals surface area (Å²) < 4.78 is 15.4. The Bertz CT molecular complexity index is 2590. The van der Waals surface area contributed by atoms with Crippen LogP contribution in [0.5, 0.6) is 0 Å². The quantitative estimate of drug-likeness (QED) is 0.105. The van der Waals surface area contributed by atoms with E-state index in [1.165, 1.54) is 54.2 Å². The summed E-state index contributed by atoms with van der Waals surface area (Å²) in [5.41, 5.74) is 4.68. The van der Waals surface area contributed by atoms with Gasteiger partial charge in [0.2, 0.25) is 0 Å². The number of hydrogen-bond donors (Lipinski definition) is 0. The topological polar surface area (TPSA) is 17.1 Å². The Morgan fingerprint density at radius 3 is 1.33 bits per heavy atom. The summed E-state index contributed by atoms with van der Waals surface area (Å²) in [7, 11) is -3.15. The first kappa shape index (κ1) is 28.5. The molecular weight excluding hydrogens is 599 g/mol. The smallest absolute Gasteiger partial charge is 0.171 e. The molecule has 0 amide bonds. The van der Waals surface area contributed by atoms with Crippen molar-refractivity contribution in [3.8, 4) is 22.3 Å². The number of fused-ring (bicyclic) bond motifs is 5. The third-order valence-corrected chi connectivity index (χ3v) is 12.8. The first-order valence-electron chi connectivity index (χ1n) is 16.4. The van der Waals surface area contributed by atoms with Gasteiger partial charge in [-0.2, -0.15) is 0 Å². The van der Waals surface area contributed by atoms with Crippen LogP contribution in [0.1, 0.15) is 0 Å². The summed E-state index contributed by atoms with van der Waals surface area (Å²) in [5, 5.41) is 12.2. The number of benzene rings is 9. The molecule has 0 aromatic heterocycles. The summed E-state index contributed by atoms with van der Waals surface area (Å²) in [6.45, 7) is 0. The van der Waals surface area contributed by atoms with Crippen LogP contribution in [-0.4, -0.2) is 0 Å². The maximum absolute atomic E-state index is 15.4. The normalized spacial score (nSPS) is 11.8. The van der Waals surface area contributed by atoms with Crippen molar-refractivity contribution in [3.63, 3.8) is 0 Å². The fraction of sp³-hybridized carbons (Fsp3) is 0. The summed E-state index contributed by atoms with van der Waals surface area (Å²) in [6.07, 6.45) is 0. The number of rotatable bonds is 5. The van der Waals surface area contributed by atoms with Gasteiger partial charge in [0.15, 0.2) is 7.14 Å². The van der Waals surface area contributed by atoms with Gasteiger partial charge >= 0.3 is 0 Å². The fourth-order valence-corrected chi connectivity index (χ4v) is 10.3. The van der Waals surface area contributed by atoms with E-state index in [1.54, 1.807) is 0 Å². The molecule has 0 radical (unpaired) electrons. The molecule has 0 aliphatic rings. The molecule has 1 nitrogen and oxygen atoms in total. The van der Waals surface area contributed by atoms with Crippen LogP contribution >= 0.6 is 7.14 Å². The van der Waals surface area contributed by atoms with E-state index in [1.807, 2.05) is 66.7 Å². The highest BCUT2D eigenvalue weighted by atomic mass is 31.2. The van der Waals surface area contributed by atoms with Crippen LogP contribution in [0, 0.1) is 0 Å². The minimum absolute atomic E-state index is 0.829. The molecule has 0 aliphatic heterocycles. The monoisotopic (exact) mass is 630 g/mol. The van der Waals surface area contributed by atoms with Crippen LogP contribution in [-0.2, 0) is 4.57 Å². The summed E-state index contributed by atoms with van der Waals surface area (Å²) in [4.78, 5) is 0. The van der Waals surface area contributed by atoms with Crippen molar-refractivity contribution in [1.29, 1.82) is 0 Å². The molecule has 2 heteroatoms. The van der Waals surface area contributed by atoms with Crippen LogP contribution in [0.15, 0.2) is 188 Å². The molecule has 226 valence electrons. The van der Waals surface area contributed by atoms with Crippen LogP contribution < -0.4 is 15.9 Å². The zero-order chi connectivity index (χ0) is 32.1. The summed E-state index contributed by atoms with van der Waals surface area (Å²) in [6, 6.07) is 65.6. The van der Waals surface area contributed by atoms with Gasteiger partial charge in [-0.1, -0.05) is 176 Å². The Labute approximate surface area is 280 Å². The average molecular weight is 631 g/mol. The third kappa shape index (κ3) is 4.43. The lowest BCUT2D eigenvalue weighted by molar-refractivity contribution is 0.592. The van der Waals surface area contributed by atoms with E-state index in [0.717, 1.165) is 27.0 Å². The van der Waals surface area contributed by atoms with Gasteiger partial charge in [0.25, 0.3) is 0 Å². The summed E-state index contributed by atoms with van der Waals surface area (Å²) >= 11 is 0. The third-order valence-electron chi connectivity index (χ3n) is 9.71. The van der Waals surface area contributed by atoms with Crippen LogP contribution in [0.2, 0.25) is 0 Å². The van der Waals surface area contributed by atoms with Gasteiger partial charge < -0.3 is 4.57 Å². The van der Waals surface area contributed by atoms with Crippen molar-refractivity contribution in [2.24, 2.45) is 0 Å². The van der Waals surface area contributed by atoms with E-state index < -0.39 is 7.14 Å². The molecule has 0 saturated heterocycles. The van der Waals surface area contributed by atoms with E-state index >= 15 is 4.57 Å². The van der Waals surface area contributed by atoms with Gasteiger partial charge in [0.1, 0.15) is 0 Å². The molecule has 0 aliphatic carbocycles. The van der Waals surface area contributed by atoms with E-state index in [0.29, 0.717) is 0 Å². The number of hydrogen-bond acceptors (Lipinski definition) is 1. The van der Waals surface area contributed by atoms with E-state index in [4.69, 9.17) is 0 Å². The first-order chi connectivity index (χ1) is 23.7. The highest BCUT2D eigenvalue weighted by molar-refractivity contribution is 7.85. The Morgan fingerprint density at radius 2 is 0.750 bits per heavy atom. The second-order valence-corrected chi connectivity index (χ2v) is 15.1. The molecule has 0 N–H and O–H groups in total. The highest BCUT2D eigenvalue weighted by Gasteiger charge is 2.30. The van der Waals surface area contributed by atoms with Crippen LogP contribution in [0.3, 0.4) is 0 Å². The van der Waals surface area contributed by atoms with Gasteiger partial charge in [-0.25, -0.2) is 0 Å². The lowest BCUT2D eigenvalue weighted by Gasteiger charge is -2.22.